The Morgan fingerprint density at radius 1 is 1.28 bits per heavy atom. The van der Waals surface area contributed by atoms with Crippen molar-refractivity contribution >= 4 is 28.5 Å². The summed E-state index contributed by atoms with van der Waals surface area (Å²) in [7, 11) is 0. The highest BCUT2D eigenvalue weighted by Crippen LogP contribution is 2.12. The number of amides is 1. The topological polar surface area (TPSA) is 29.1 Å². The van der Waals surface area contributed by atoms with Gasteiger partial charge < -0.3 is 5.32 Å². The number of carbonyl (C=O) groups is 1. The fourth-order valence-electron chi connectivity index (χ4n) is 1.88. The van der Waals surface area contributed by atoms with Crippen molar-refractivity contribution in [2.45, 2.75) is 39.5 Å². The van der Waals surface area contributed by atoms with Crippen LogP contribution in [0.1, 0.15) is 49.9 Å². The maximum atomic E-state index is 11.9. The lowest BCUT2D eigenvalue weighted by Gasteiger charge is -2.15. The Morgan fingerprint density at radius 2 is 1.94 bits per heavy atom. The summed E-state index contributed by atoms with van der Waals surface area (Å²) in [5.74, 6) is 0.652. The van der Waals surface area contributed by atoms with Crippen LogP contribution in [0.15, 0.2) is 24.3 Å². The number of rotatable bonds is 7. The van der Waals surface area contributed by atoms with E-state index in [1.807, 2.05) is 24.3 Å². The number of halogens is 1. The molecule has 1 rings (SSSR count). The number of hydrogen-bond acceptors (Lipinski definition) is 1. The Balaban J connectivity index is 2.42. The summed E-state index contributed by atoms with van der Waals surface area (Å²) in [4.78, 5) is 11.9. The van der Waals surface area contributed by atoms with Crippen molar-refractivity contribution in [2.24, 2.45) is 5.92 Å². The van der Waals surface area contributed by atoms with Gasteiger partial charge in [0.25, 0.3) is 5.91 Å². The largest absolute Gasteiger partial charge is 0.352 e. The molecule has 0 fully saturated rings. The average molecular weight is 359 g/mol. The predicted octanol–water partition coefficient (Wildman–Crippen LogP) is 4.24. The van der Waals surface area contributed by atoms with E-state index >= 15 is 0 Å². The third kappa shape index (κ3) is 5.38. The Bertz CT molecular complexity index is 361. The molecular formula is C15H22INO. The van der Waals surface area contributed by atoms with Crippen molar-refractivity contribution in [1.29, 1.82) is 0 Å². The molecule has 2 nitrogen and oxygen atoms in total. The van der Waals surface area contributed by atoms with Crippen molar-refractivity contribution in [3.63, 3.8) is 0 Å². The SMILES string of the molecule is CCCC[C@H](CC)CNC(=O)c1ccc(I)cc1. The minimum Gasteiger partial charge on any atom is -0.352 e. The molecule has 1 N–H and O–H groups in total. The van der Waals surface area contributed by atoms with Crippen LogP contribution in [-0.4, -0.2) is 12.5 Å². The van der Waals surface area contributed by atoms with E-state index < -0.39 is 0 Å². The van der Waals surface area contributed by atoms with Crippen LogP contribution in [-0.2, 0) is 0 Å². The van der Waals surface area contributed by atoms with Crippen molar-refractivity contribution in [1.82, 2.24) is 5.32 Å². The molecule has 0 spiro atoms. The molecule has 0 aliphatic heterocycles. The van der Waals surface area contributed by atoms with Gasteiger partial charge in [-0.25, -0.2) is 0 Å². The van der Waals surface area contributed by atoms with Crippen molar-refractivity contribution in [3.8, 4) is 0 Å². The zero-order chi connectivity index (χ0) is 13.4. The van der Waals surface area contributed by atoms with Crippen LogP contribution < -0.4 is 5.32 Å². The minimum atomic E-state index is 0.0429. The Morgan fingerprint density at radius 3 is 2.50 bits per heavy atom. The summed E-state index contributed by atoms with van der Waals surface area (Å²) >= 11 is 2.24. The predicted molar refractivity (Wildman–Crippen MR) is 84.8 cm³/mol. The molecule has 0 aromatic heterocycles. The fraction of sp³-hybridized carbons (Fsp3) is 0.533. The molecule has 1 atom stereocenters. The van der Waals surface area contributed by atoms with E-state index in [9.17, 15) is 4.79 Å². The smallest absolute Gasteiger partial charge is 0.251 e. The van der Waals surface area contributed by atoms with Gasteiger partial charge in [-0.1, -0.05) is 33.1 Å². The standard InChI is InChI=1S/C15H22INO/c1-3-5-6-12(4-2)11-17-15(18)13-7-9-14(16)10-8-13/h7-10,12H,3-6,11H2,1-2H3,(H,17,18)/t12-/m0/s1. The highest BCUT2D eigenvalue weighted by atomic mass is 127. The van der Waals surface area contributed by atoms with Crippen LogP contribution in [0.4, 0.5) is 0 Å². The van der Waals surface area contributed by atoms with Gasteiger partial charge in [-0.15, -0.1) is 0 Å². The summed E-state index contributed by atoms with van der Waals surface area (Å²) in [6.07, 6.45) is 4.81. The van der Waals surface area contributed by atoms with E-state index in [1.54, 1.807) is 0 Å². The number of hydrogen-bond donors (Lipinski definition) is 1. The van der Waals surface area contributed by atoms with E-state index in [1.165, 1.54) is 19.3 Å². The lowest BCUT2D eigenvalue weighted by atomic mass is 9.99. The first kappa shape index (κ1) is 15.5. The summed E-state index contributed by atoms with van der Waals surface area (Å²) in [6, 6.07) is 7.68. The van der Waals surface area contributed by atoms with Gasteiger partial charge in [0.2, 0.25) is 0 Å². The van der Waals surface area contributed by atoms with E-state index in [0.717, 1.165) is 22.1 Å². The summed E-state index contributed by atoms with van der Waals surface area (Å²) in [6.45, 7) is 5.19. The molecule has 0 saturated heterocycles. The van der Waals surface area contributed by atoms with E-state index in [4.69, 9.17) is 0 Å². The molecule has 1 aromatic rings. The third-order valence-electron chi connectivity index (χ3n) is 3.20. The van der Waals surface area contributed by atoms with Crippen molar-refractivity contribution in [3.05, 3.63) is 33.4 Å². The van der Waals surface area contributed by atoms with Gasteiger partial charge in [-0.05, 0) is 59.2 Å². The number of unbranched alkanes of at least 4 members (excludes halogenated alkanes) is 1. The first-order chi connectivity index (χ1) is 8.67. The molecule has 18 heavy (non-hydrogen) atoms. The third-order valence-corrected chi connectivity index (χ3v) is 3.92. The minimum absolute atomic E-state index is 0.0429. The molecular weight excluding hydrogens is 337 g/mol. The van der Waals surface area contributed by atoms with Crippen LogP contribution in [0.3, 0.4) is 0 Å². The Kier molecular flexibility index (Phi) is 7.32. The summed E-state index contributed by atoms with van der Waals surface area (Å²) in [5, 5.41) is 3.04. The number of carbonyl (C=O) groups excluding carboxylic acids is 1. The molecule has 0 saturated carbocycles. The second-order valence-corrected chi connectivity index (χ2v) is 5.88. The molecule has 0 radical (unpaired) electrons. The van der Waals surface area contributed by atoms with Crippen LogP contribution in [0.5, 0.6) is 0 Å². The number of nitrogens with one attached hydrogen (secondary N) is 1. The van der Waals surface area contributed by atoms with Crippen LogP contribution in [0.25, 0.3) is 0 Å². The molecule has 0 bridgehead atoms. The monoisotopic (exact) mass is 359 g/mol. The lowest BCUT2D eigenvalue weighted by molar-refractivity contribution is 0.0946. The van der Waals surface area contributed by atoms with E-state index in [2.05, 4.69) is 41.8 Å². The molecule has 1 amide bonds. The van der Waals surface area contributed by atoms with Gasteiger partial charge in [-0.2, -0.15) is 0 Å². The van der Waals surface area contributed by atoms with E-state index in [0.29, 0.717) is 5.92 Å². The maximum absolute atomic E-state index is 11.9. The van der Waals surface area contributed by atoms with Gasteiger partial charge >= 0.3 is 0 Å². The Labute approximate surface area is 124 Å². The number of benzene rings is 1. The molecule has 1 aromatic carbocycles. The second kappa shape index (κ2) is 8.51. The molecule has 100 valence electrons. The Hall–Kier alpha value is -0.580. The van der Waals surface area contributed by atoms with Crippen LogP contribution >= 0.6 is 22.6 Å². The second-order valence-electron chi connectivity index (χ2n) is 4.63. The van der Waals surface area contributed by atoms with Gasteiger partial charge in [0, 0.05) is 15.7 Å². The van der Waals surface area contributed by atoms with Crippen molar-refractivity contribution in [2.75, 3.05) is 6.54 Å². The zero-order valence-corrected chi connectivity index (χ0v) is 13.4. The quantitative estimate of drug-likeness (QED) is 0.725. The molecule has 0 unspecified atom stereocenters. The van der Waals surface area contributed by atoms with E-state index in [-0.39, 0.29) is 5.91 Å². The molecule has 0 aliphatic carbocycles. The van der Waals surface area contributed by atoms with Gasteiger partial charge in [-0.3, -0.25) is 4.79 Å². The van der Waals surface area contributed by atoms with Gasteiger partial charge in [0.15, 0.2) is 0 Å². The molecule has 3 heteroatoms. The average Bonchev–Trinajstić information content (AvgIpc) is 2.39. The summed E-state index contributed by atoms with van der Waals surface area (Å²) in [5.41, 5.74) is 0.751. The van der Waals surface area contributed by atoms with Crippen LogP contribution in [0.2, 0.25) is 0 Å². The van der Waals surface area contributed by atoms with Gasteiger partial charge in [0.1, 0.15) is 0 Å². The first-order valence-corrected chi connectivity index (χ1v) is 7.79. The normalized spacial score (nSPS) is 12.2. The van der Waals surface area contributed by atoms with Gasteiger partial charge in [0.05, 0.1) is 0 Å². The highest BCUT2D eigenvalue weighted by Gasteiger charge is 2.09. The fourth-order valence-corrected chi connectivity index (χ4v) is 2.24. The molecule has 0 aliphatic rings. The highest BCUT2D eigenvalue weighted by molar-refractivity contribution is 14.1. The zero-order valence-electron chi connectivity index (χ0n) is 11.2. The first-order valence-electron chi connectivity index (χ1n) is 6.71. The maximum Gasteiger partial charge on any atom is 0.251 e. The summed E-state index contributed by atoms with van der Waals surface area (Å²) < 4.78 is 1.15. The lowest BCUT2D eigenvalue weighted by Crippen LogP contribution is -2.29. The van der Waals surface area contributed by atoms with Crippen LogP contribution in [0, 0.1) is 9.49 Å². The molecule has 0 heterocycles. The van der Waals surface area contributed by atoms with Crippen molar-refractivity contribution < 1.29 is 4.79 Å².